The van der Waals surface area contributed by atoms with Gasteiger partial charge in [-0.15, -0.1) is 22.7 Å². The van der Waals surface area contributed by atoms with Gasteiger partial charge >= 0.3 is 0 Å². The highest BCUT2D eigenvalue weighted by Crippen LogP contribution is 2.37. The van der Waals surface area contributed by atoms with Crippen molar-refractivity contribution in [3.8, 4) is 31.7 Å². The fourth-order valence-electron chi connectivity index (χ4n) is 2.56. The Kier molecular flexibility index (Phi) is 4.19. The molecule has 0 aliphatic heterocycles. The fraction of sp³-hybridized carbons (Fsp3) is 0.100. The van der Waals surface area contributed by atoms with E-state index in [0.29, 0.717) is 0 Å². The van der Waals surface area contributed by atoms with Crippen molar-refractivity contribution in [3.63, 3.8) is 0 Å². The number of aromatic nitrogens is 2. The lowest BCUT2D eigenvalue weighted by Crippen LogP contribution is -1.81. The van der Waals surface area contributed by atoms with Gasteiger partial charge < -0.3 is 0 Å². The molecule has 0 spiro atoms. The summed E-state index contributed by atoms with van der Waals surface area (Å²) in [6, 6.07) is 14.8. The van der Waals surface area contributed by atoms with Gasteiger partial charge in [0.1, 0.15) is 15.8 Å². The summed E-state index contributed by atoms with van der Waals surface area (Å²) in [7, 11) is 0. The summed E-state index contributed by atoms with van der Waals surface area (Å²) in [4.78, 5) is 10.5. The van der Waals surface area contributed by atoms with E-state index < -0.39 is 0 Å². The lowest BCUT2D eigenvalue weighted by Gasteiger charge is -1.96. The molecule has 5 heteroatoms. The number of hydrogen-bond acceptors (Lipinski definition) is 4. The molecule has 2 aromatic carbocycles. The summed E-state index contributed by atoms with van der Waals surface area (Å²) in [6.45, 7) is 4.09. The zero-order valence-corrected chi connectivity index (χ0v) is 15.4. The topological polar surface area (TPSA) is 25.8 Å². The van der Waals surface area contributed by atoms with Gasteiger partial charge in [-0.25, -0.2) is 14.4 Å². The Morgan fingerprint density at radius 3 is 2.16 bits per heavy atom. The van der Waals surface area contributed by atoms with E-state index in [0.717, 1.165) is 37.4 Å². The van der Waals surface area contributed by atoms with Gasteiger partial charge in [0, 0.05) is 16.5 Å². The quantitative estimate of drug-likeness (QED) is 0.422. The molecule has 0 bridgehead atoms. The van der Waals surface area contributed by atoms with Crippen LogP contribution in [0.3, 0.4) is 0 Å². The predicted molar refractivity (Wildman–Crippen MR) is 104 cm³/mol. The van der Waals surface area contributed by atoms with Gasteiger partial charge in [-0.05, 0) is 38.1 Å². The normalized spacial score (nSPS) is 11.0. The van der Waals surface area contributed by atoms with E-state index in [2.05, 4.69) is 31.2 Å². The highest BCUT2D eigenvalue weighted by atomic mass is 32.1. The molecular weight excluding hydrogens is 351 g/mol. The van der Waals surface area contributed by atoms with E-state index in [9.17, 15) is 4.39 Å². The summed E-state index contributed by atoms with van der Waals surface area (Å²) in [5, 5.41) is 3.93. The second-order valence-corrected chi connectivity index (χ2v) is 7.70. The molecule has 0 unspecified atom stereocenters. The van der Waals surface area contributed by atoms with E-state index in [-0.39, 0.29) is 5.82 Å². The molecule has 0 saturated heterocycles. The molecule has 0 amide bonds. The van der Waals surface area contributed by atoms with Gasteiger partial charge in [0.2, 0.25) is 0 Å². The molecule has 2 nitrogen and oxygen atoms in total. The molecule has 0 radical (unpaired) electrons. The SMILES string of the molecule is Cc1ccc(-c2nc(C)c(-c3csc(-c4ccc(F)cc4)n3)s2)cc1. The van der Waals surface area contributed by atoms with Crippen molar-refractivity contribution in [3.05, 3.63) is 71.0 Å². The zero-order chi connectivity index (χ0) is 17.4. The summed E-state index contributed by atoms with van der Waals surface area (Å²) >= 11 is 3.22. The maximum Gasteiger partial charge on any atom is 0.124 e. The molecule has 0 aliphatic rings. The van der Waals surface area contributed by atoms with Crippen LogP contribution in [0.2, 0.25) is 0 Å². The van der Waals surface area contributed by atoms with Crippen molar-refractivity contribution in [2.24, 2.45) is 0 Å². The molecule has 124 valence electrons. The number of nitrogens with zero attached hydrogens (tertiary/aromatic N) is 2. The second-order valence-electron chi connectivity index (χ2n) is 5.84. The average molecular weight is 366 g/mol. The Morgan fingerprint density at radius 2 is 1.44 bits per heavy atom. The summed E-state index contributed by atoms with van der Waals surface area (Å²) in [5.74, 6) is -0.235. The Morgan fingerprint density at radius 1 is 0.800 bits per heavy atom. The van der Waals surface area contributed by atoms with E-state index >= 15 is 0 Å². The zero-order valence-electron chi connectivity index (χ0n) is 13.8. The standard InChI is InChI=1S/C20H15FN2S2/c1-12-3-5-15(6-4-12)20-22-13(2)18(25-20)17-11-24-19(23-17)14-7-9-16(21)10-8-14/h3-11H,1-2H3. The third kappa shape index (κ3) is 3.25. The Hall–Kier alpha value is -2.37. The van der Waals surface area contributed by atoms with Crippen molar-refractivity contribution < 1.29 is 4.39 Å². The Labute approximate surface area is 153 Å². The molecule has 4 aromatic rings. The van der Waals surface area contributed by atoms with Crippen molar-refractivity contribution in [1.82, 2.24) is 9.97 Å². The van der Waals surface area contributed by atoms with Crippen molar-refractivity contribution >= 4 is 22.7 Å². The van der Waals surface area contributed by atoms with Crippen LogP contribution in [-0.2, 0) is 0 Å². The lowest BCUT2D eigenvalue weighted by molar-refractivity contribution is 0.628. The number of benzene rings is 2. The first-order chi connectivity index (χ1) is 12.1. The molecule has 0 N–H and O–H groups in total. The highest BCUT2D eigenvalue weighted by molar-refractivity contribution is 7.19. The van der Waals surface area contributed by atoms with Crippen molar-refractivity contribution in [2.45, 2.75) is 13.8 Å². The minimum atomic E-state index is -0.235. The second kappa shape index (κ2) is 6.50. The van der Waals surface area contributed by atoms with Gasteiger partial charge in [0.05, 0.1) is 16.3 Å². The first kappa shape index (κ1) is 16.1. The van der Waals surface area contributed by atoms with Crippen molar-refractivity contribution in [1.29, 1.82) is 0 Å². The minimum absolute atomic E-state index is 0.235. The Balaban J connectivity index is 1.69. The molecule has 2 heterocycles. The van der Waals surface area contributed by atoms with Gasteiger partial charge in [-0.2, -0.15) is 0 Å². The third-order valence-electron chi connectivity index (χ3n) is 3.92. The molecule has 0 atom stereocenters. The van der Waals surface area contributed by atoms with Crippen LogP contribution >= 0.6 is 22.7 Å². The largest absolute Gasteiger partial charge is 0.241 e. The van der Waals surface area contributed by atoms with Crippen LogP contribution in [0.15, 0.2) is 53.9 Å². The molecule has 0 saturated carbocycles. The molecule has 2 aromatic heterocycles. The van der Waals surface area contributed by atoms with E-state index in [1.54, 1.807) is 34.8 Å². The van der Waals surface area contributed by atoms with Crippen LogP contribution in [0.5, 0.6) is 0 Å². The number of halogens is 1. The minimum Gasteiger partial charge on any atom is -0.241 e. The van der Waals surface area contributed by atoms with Gasteiger partial charge in [0.25, 0.3) is 0 Å². The van der Waals surface area contributed by atoms with Gasteiger partial charge in [-0.1, -0.05) is 29.8 Å². The summed E-state index contributed by atoms with van der Waals surface area (Å²) < 4.78 is 13.1. The van der Waals surface area contributed by atoms with E-state index in [4.69, 9.17) is 9.97 Å². The Bertz CT molecular complexity index is 1010. The highest BCUT2D eigenvalue weighted by Gasteiger charge is 2.14. The number of rotatable bonds is 3. The van der Waals surface area contributed by atoms with Crippen LogP contribution in [0.4, 0.5) is 4.39 Å². The van der Waals surface area contributed by atoms with E-state index in [1.807, 2.05) is 12.3 Å². The molecule has 0 fully saturated rings. The summed E-state index contributed by atoms with van der Waals surface area (Å²) in [6.07, 6.45) is 0. The smallest absolute Gasteiger partial charge is 0.124 e. The fourth-order valence-corrected chi connectivity index (χ4v) is 4.48. The maximum absolute atomic E-state index is 13.1. The summed E-state index contributed by atoms with van der Waals surface area (Å²) in [5.41, 5.74) is 5.20. The van der Waals surface area contributed by atoms with Crippen LogP contribution in [-0.4, -0.2) is 9.97 Å². The number of hydrogen-bond donors (Lipinski definition) is 0. The molecule has 4 rings (SSSR count). The number of aryl methyl sites for hydroxylation is 2. The predicted octanol–water partition coefficient (Wildman–Crippen LogP) is 6.36. The third-order valence-corrected chi connectivity index (χ3v) is 6.04. The van der Waals surface area contributed by atoms with Gasteiger partial charge in [-0.3, -0.25) is 0 Å². The van der Waals surface area contributed by atoms with Gasteiger partial charge in [0.15, 0.2) is 0 Å². The lowest BCUT2D eigenvalue weighted by atomic mass is 10.2. The molecule has 0 aliphatic carbocycles. The van der Waals surface area contributed by atoms with Crippen molar-refractivity contribution in [2.75, 3.05) is 0 Å². The van der Waals surface area contributed by atoms with E-state index in [1.165, 1.54) is 17.7 Å². The van der Waals surface area contributed by atoms with Crippen LogP contribution in [0, 0.1) is 19.7 Å². The average Bonchev–Trinajstić information content (AvgIpc) is 3.23. The number of thiazole rings is 2. The first-order valence-corrected chi connectivity index (χ1v) is 9.56. The van der Waals surface area contributed by atoms with Crippen LogP contribution < -0.4 is 0 Å². The molecular formula is C20H15FN2S2. The van der Waals surface area contributed by atoms with Crippen LogP contribution in [0.1, 0.15) is 11.3 Å². The monoisotopic (exact) mass is 366 g/mol. The maximum atomic E-state index is 13.1. The molecule has 25 heavy (non-hydrogen) atoms. The first-order valence-electron chi connectivity index (χ1n) is 7.86. The van der Waals surface area contributed by atoms with Crippen LogP contribution in [0.25, 0.3) is 31.7 Å².